The van der Waals surface area contributed by atoms with Gasteiger partial charge in [-0.1, -0.05) is 6.92 Å². The second-order valence-electron chi connectivity index (χ2n) is 6.80. The van der Waals surface area contributed by atoms with Crippen molar-refractivity contribution in [2.45, 2.75) is 57.5 Å². The largest absolute Gasteiger partial charge is 0.314 e. The van der Waals surface area contributed by atoms with E-state index in [9.17, 15) is 0 Å². The molecule has 0 aromatic rings. The summed E-state index contributed by atoms with van der Waals surface area (Å²) in [5.41, 5.74) is 0. The summed E-state index contributed by atoms with van der Waals surface area (Å²) < 4.78 is 0. The first kappa shape index (κ1) is 15.3. The van der Waals surface area contributed by atoms with Crippen LogP contribution in [-0.4, -0.2) is 62.2 Å². The Hall–Kier alpha value is -0.120. The predicted octanol–water partition coefficient (Wildman–Crippen LogP) is 2.18. The zero-order chi connectivity index (χ0) is 13.7. The third kappa shape index (κ3) is 4.73. The van der Waals surface area contributed by atoms with Gasteiger partial charge in [0.25, 0.3) is 0 Å². The van der Waals surface area contributed by atoms with Gasteiger partial charge in [-0.15, -0.1) is 0 Å². The molecule has 1 saturated carbocycles. The van der Waals surface area contributed by atoms with Crippen LogP contribution in [-0.2, 0) is 0 Å². The summed E-state index contributed by atoms with van der Waals surface area (Å²) in [6.07, 6.45) is 8.18. The molecule has 0 spiro atoms. The topological polar surface area (TPSA) is 18.5 Å². The first-order valence-corrected chi connectivity index (χ1v) is 8.31. The van der Waals surface area contributed by atoms with E-state index in [1.807, 2.05) is 0 Å². The first-order chi connectivity index (χ1) is 9.19. The highest BCUT2D eigenvalue weighted by molar-refractivity contribution is 4.86. The highest BCUT2D eigenvalue weighted by atomic mass is 15.2. The minimum Gasteiger partial charge on any atom is -0.314 e. The smallest absolute Gasteiger partial charge is 0.0108 e. The summed E-state index contributed by atoms with van der Waals surface area (Å²) in [5.74, 6) is 0.934. The normalized spacial score (nSPS) is 30.3. The summed E-state index contributed by atoms with van der Waals surface area (Å²) in [6.45, 7) is 7.36. The lowest BCUT2D eigenvalue weighted by Crippen LogP contribution is -2.39. The number of likely N-dealkylation sites (tertiary alicyclic amines) is 1. The van der Waals surface area contributed by atoms with Gasteiger partial charge in [0.2, 0.25) is 0 Å². The Bertz CT molecular complexity index is 248. The van der Waals surface area contributed by atoms with E-state index >= 15 is 0 Å². The summed E-state index contributed by atoms with van der Waals surface area (Å²) in [7, 11) is 4.60. The minimum absolute atomic E-state index is 0.782. The molecule has 0 radical (unpaired) electrons. The molecule has 19 heavy (non-hydrogen) atoms. The average Bonchev–Trinajstić information content (AvgIpc) is 2.88. The van der Waals surface area contributed by atoms with Crippen molar-refractivity contribution >= 4 is 0 Å². The van der Waals surface area contributed by atoms with E-state index in [4.69, 9.17) is 0 Å². The van der Waals surface area contributed by atoms with Gasteiger partial charge in [-0.3, -0.25) is 0 Å². The molecule has 0 bridgehead atoms. The standard InChI is InChI=1S/C16H33N3/c1-4-9-17-15-5-6-16(12-15)19(3)13-14-7-10-18(2)11-8-14/h14-17H,4-13H2,1-3H3. The van der Waals surface area contributed by atoms with Crippen molar-refractivity contribution < 1.29 is 0 Å². The van der Waals surface area contributed by atoms with Crippen LogP contribution in [0.3, 0.4) is 0 Å². The molecule has 0 aromatic heterocycles. The molecule has 1 N–H and O–H groups in total. The zero-order valence-corrected chi connectivity index (χ0v) is 13.2. The Balaban J connectivity index is 1.67. The van der Waals surface area contributed by atoms with Crippen molar-refractivity contribution in [1.29, 1.82) is 0 Å². The van der Waals surface area contributed by atoms with Gasteiger partial charge in [0.05, 0.1) is 0 Å². The Morgan fingerprint density at radius 3 is 2.58 bits per heavy atom. The van der Waals surface area contributed by atoms with E-state index in [0.717, 1.165) is 18.0 Å². The van der Waals surface area contributed by atoms with Crippen molar-refractivity contribution in [3.63, 3.8) is 0 Å². The van der Waals surface area contributed by atoms with Crippen molar-refractivity contribution in [2.75, 3.05) is 40.3 Å². The quantitative estimate of drug-likeness (QED) is 0.796. The lowest BCUT2D eigenvalue weighted by Gasteiger charge is -2.34. The second-order valence-corrected chi connectivity index (χ2v) is 6.80. The van der Waals surface area contributed by atoms with E-state index in [1.54, 1.807) is 0 Å². The maximum absolute atomic E-state index is 3.69. The monoisotopic (exact) mass is 267 g/mol. The zero-order valence-electron chi connectivity index (χ0n) is 13.2. The molecule has 2 fully saturated rings. The van der Waals surface area contributed by atoms with Gasteiger partial charge in [-0.2, -0.15) is 0 Å². The number of piperidine rings is 1. The van der Waals surface area contributed by atoms with Crippen LogP contribution < -0.4 is 5.32 Å². The summed E-state index contributed by atoms with van der Waals surface area (Å²) in [5, 5.41) is 3.69. The Labute approximate surface area is 119 Å². The molecular weight excluding hydrogens is 234 g/mol. The van der Waals surface area contributed by atoms with Crippen molar-refractivity contribution in [1.82, 2.24) is 15.1 Å². The fraction of sp³-hybridized carbons (Fsp3) is 1.00. The van der Waals surface area contributed by atoms with Crippen molar-refractivity contribution in [3.05, 3.63) is 0 Å². The van der Waals surface area contributed by atoms with Crippen LogP contribution >= 0.6 is 0 Å². The molecule has 1 aliphatic heterocycles. The molecule has 2 aliphatic rings. The van der Waals surface area contributed by atoms with Gasteiger partial charge < -0.3 is 15.1 Å². The maximum Gasteiger partial charge on any atom is 0.0108 e. The van der Waals surface area contributed by atoms with Gasteiger partial charge >= 0.3 is 0 Å². The lowest BCUT2D eigenvalue weighted by molar-refractivity contribution is 0.149. The van der Waals surface area contributed by atoms with Crippen LogP contribution in [0.15, 0.2) is 0 Å². The Kier molecular flexibility index (Phi) is 6.11. The minimum atomic E-state index is 0.782. The molecular formula is C16H33N3. The third-order valence-corrected chi connectivity index (χ3v) is 5.10. The molecule has 2 unspecified atom stereocenters. The highest BCUT2D eigenvalue weighted by Crippen LogP contribution is 2.25. The van der Waals surface area contributed by atoms with Crippen LogP contribution in [0.25, 0.3) is 0 Å². The molecule has 112 valence electrons. The predicted molar refractivity (Wildman–Crippen MR) is 82.6 cm³/mol. The molecule has 1 saturated heterocycles. The highest BCUT2D eigenvalue weighted by Gasteiger charge is 2.28. The number of rotatable bonds is 6. The molecule has 3 nitrogen and oxygen atoms in total. The fourth-order valence-corrected chi connectivity index (χ4v) is 3.69. The molecule has 1 heterocycles. The van der Waals surface area contributed by atoms with E-state index in [2.05, 4.69) is 36.1 Å². The first-order valence-electron chi connectivity index (χ1n) is 8.31. The Morgan fingerprint density at radius 2 is 1.89 bits per heavy atom. The molecule has 2 atom stereocenters. The molecule has 0 amide bonds. The molecule has 1 aliphatic carbocycles. The number of nitrogens with zero attached hydrogens (tertiary/aromatic N) is 2. The van der Waals surface area contributed by atoms with E-state index in [-0.39, 0.29) is 0 Å². The van der Waals surface area contributed by atoms with Crippen LogP contribution in [0.4, 0.5) is 0 Å². The van der Waals surface area contributed by atoms with E-state index in [1.165, 1.54) is 64.7 Å². The SMILES string of the molecule is CCCNC1CCC(N(C)CC2CCN(C)CC2)C1. The van der Waals surface area contributed by atoms with Gasteiger partial charge in [-0.05, 0) is 78.2 Å². The van der Waals surface area contributed by atoms with E-state index < -0.39 is 0 Å². The van der Waals surface area contributed by atoms with Crippen LogP contribution in [0.5, 0.6) is 0 Å². The Morgan fingerprint density at radius 1 is 1.16 bits per heavy atom. The van der Waals surface area contributed by atoms with Crippen molar-refractivity contribution in [2.24, 2.45) is 5.92 Å². The fourth-order valence-electron chi connectivity index (χ4n) is 3.69. The molecule has 3 heteroatoms. The van der Waals surface area contributed by atoms with Crippen molar-refractivity contribution in [3.8, 4) is 0 Å². The maximum atomic E-state index is 3.69. The van der Waals surface area contributed by atoms with Gasteiger partial charge in [0.1, 0.15) is 0 Å². The molecule has 2 rings (SSSR count). The van der Waals surface area contributed by atoms with Crippen LogP contribution in [0.1, 0.15) is 45.4 Å². The van der Waals surface area contributed by atoms with Gasteiger partial charge in [-0.25, -0.2) is 0 Å². The average molecular weight is 267 g/mol. The summed E-state index contributed by atoms with van der Waals surface area (Å²) in [4.78, 5) is 5.13. The van der Waals surface area contributed by atoms with Gasteiger partial charge in [0.15, 0.2) is 0 Å². The second kappa shape index (κ2) is 7.61. The lowest BCUT2D eigenvalue weighted by atomic mass is 9.96. The summed E-state index contributed by atoms with van der Waals surface area (Å²) in [6, 6.07) is 1.61. The third-order valence-electron chi connectivity index (χ3n) is 5.10. The van der Waals surface area contributed by atoms with Crippen LogP contribution in [0.2, 0.25) is 0 Å². The van der Waals surface area contributed by atoms with Gasteiger partial charge in [0, 0.05) is 18.6 Å². The molecule has 0 aromatic carbocycles. The van der Waals surface area contributed by atoms with E-state index in [0.29, 0.717) is 0 Å². The summed E-state index contributed by atoms with van der Waals surface area (Å²) >= 11 is 0. The number of nitrogens with one attached hydrogen (secondary N) is 1. The van der Waals surface area contributed by atoms with Crippen LogP contribution in [0, 0.1) is 5.92 Å². The number of hydrogen-bond donors (Lipinski definition) is 1. The number of hydrogen-bond acceptors (Lipinski definition) is 3.